The molecule has 1 aliphatic heterocycles. The van der Waals surface area contributed by atoms with Gasteiger partial charge in [-0.25, -0.2) is 5.01 Å². The number of hydrogen-bond donors (Lipinski definition) is 2. The van der Waals surface area contributed by atoms with E-state index >= 15 is 0 Å². The lowest BCUT2D eigenvalue weighted by Gasteiger charge is -2.46. The third-order valence-electron chi connectivity index (χ3n) is 3.31. The van der Waals surface area contributed by atoms with Gasteiger partial charge in [-0.05, 0) is 17.8 Å². The molecule has 0 radical (unpaired) electrons. The van der Waals surface area contributed by atoms with E-state index in [1.165, 1.54) is 0 Å². The van der Waals surface area contributed by atoms with E-state index in [4.69, 9.17) is 11.6 Å². The number of nitrogens with two attached hydrogens (primary N) is 2. The number of hydrogen-bond acceptors (Lipinski definition) is 3. The molecule has 0 spiro atoms. The fraction of sp³-hybridized carbons (Fsp3) is 1.00. The van der Waals surface area contributed by atoms with Crippen molar-refractivity contribution in [2.45, 2.75) is 33.2 Å². The summed E-state index contributed by atoms with van der Waals surface area (Å²) < 4.78 is 0. The first kappa shape index (κ1) is 9.96. The molecule has 1 heterocycles. The van der Waals surface area contributed by atoms with Crippen molar-refractivity contribution in [2.24, 2.45) is 22.9 Å². The normalized spacial score (nSPS) is 44.8. The average molecular weight is 171 g/mol. The molecule has 4 N–H and O–H groups in total. The molecular formula is C9H21N3. The highest BCUT2D eigenvalue weighted by Crippen LogP contribution is 2.33. The van der Waals surface area contributed by atoms with E-state index in [1.54, 1.807) is 0 Å². The molecule has 0 aliphatic carbocycles. The third-order valence-corrected chi connectivity index (χ3v) is 3.31. The second-order valence-corrected chi connectivity index (χ2v) is 4.44. The van der Waals surface area contributed by atoms with Gasteiger partial charge in [0.25, 0.3) is 0 Å². The second-order valence-electron chi connectivity index (χ2n) is 4.44. The summed E-state index contributed by atoms with van der Waals surface area (Å²) in [5, 5.41) is 1.90. The molecule has 3 nitrogen and oxygen atoms in total. The van der Waals surface area contributed by atoms with Crippen LogP contribution in [0.4, 0.5) is 0 Å². The Morgan fingerprint density at radius 1 is 1.58 bits per heavy atom. The highest BCUT2D eigenvalue weighted by molar-refractivity contribution is 4.94. The van der Waals surface area contributed by atoms with Crippen molar-refractivity contribution in [3.05, 3.63) is 0 Å². The fourth-order valence-corrected chi connectivity index (χ4v) is 2.15. The first-order valence-electron chi connectivity index (χ1n) is 4.75. The molecule has 0 aromatic carbocycles. The van der Waals surface area contributed by atoms with Crippen LogP contribution >= 0.6 is 0 Å². The van der Waals surface area contributed by atoms with Crippen LogP contribution in [-0.4, -0.2) is 24.1 Å². The van der Waals surface area contributed by atoms with E-state index in [2.05, 4.69) is 20.8 Å². The second kappa shape index (κ2) is 3.32. The van der Waals surface area contributed by atoms with Gasteiger partial charge in [-0.2, -0.15) is 0 Å². The van der Waals surface area contributed by atoms with Crippen LogP contribution in [0, 0.1) is 11.3 Å². The van der Waals surface area contributed by atoms with E-state index in [0.29, 0.717) is 12.0 Å². The molecular weight excluding hydrogens is 150 g/mol. The highest BCUT2D eigenvalue weighted by Gasteiger charge is 2.39. The van der Waals surface area contributed by atoms with Crippen LogP contribution in [0.15, 0.2) is 0 Å². The SMILES string of the molecule is CCC1(C)CN(N)CC(C)C1N. The van der Waals surface area contributed by atoms with Gasteiger partial charge in [0, 0.05) is 19.1 Å². The monoisotopic (exact) mass is 171 g/mol. The molecule has 1 rings (SSSR count). The Hall–Kier alpha value is -0.120. The summed E-state index contributed by atoms with van der Waals surface area (Å²) in [6.07, 6.45) is 1.10. The lowest BCUT2D eigenvalue weighted by Crippen LogP contribution is -2.59. The molecule has 12 heavy (non-hydrogen) atoms. The number of hydrazine groups is 1. The zero-order chi connectivity index (χ0) is 9.35. The Labute approximate surface area is 75.1 Å². The van der Waals surface area contributed by atoms with Gasteiger partial charge in [-0.1, -0.05) is 20.8 Å². The minimum absolute atomic E-state index is 0.201. The highest BCUT2D eigenvalue weighted by atomic mass is 15.4. The predicted octanol–water partition coefficient (Wildman–Crippen LogP) is 0.555. The fourth-order valence-electron chi connectivity index (χ4n) is 2.15. The van der Waals surface area contributed by atoms with Crippen LogP contribution in [0.25, 0.3) is 0 Å². The van der Waals surface area contributed by atoms with Crippen LogP contribution in [0.2, 0.25) is 0 Å². The smallest absolute Gasteiger partial charge is 0.0197 e. The molecule has 72 valence electrons. The summed E-state index contributed by atoms with van der Waals surface area (Å²) in [6, 6.07) is 0.294. The van der Waals surface area contributed by atoms with E-state index in [-0.39, 0.29) is 5.41 Å². The molecule has 0 amide bonds. The van der Waals surface area contributed by atoms with Gasteiger partial charge >= 0.3 is 0 Å². The van der Waals surface area contributed by atoms with E-state index < -0.39 is 0 Å². The standard InChI is InChI=1S/C9H21N3/c1-4-9(3)6-12(11)5-7(2)8(9)10/h7-8H,4-6,10-11H2,1-3H3. The number of rotatable bonds is 1. The molecule has 1 saturated heterocycles. The van der Waals surface area contributed by atoms with Crippen molar-refractivity contribution in [2.75, 3.05) is 13.1 Å². The largest absolute Gasteiger partial charge is 0.327 e. The summed E-state index contributed by atoms with van der Waals surface area (Å²) in [5.74, 6) is 6.32. The Balaban J connectivity index is 2.72. The quantitative estimate of drug-likeness (QED) is 0.567. The topological polar surface area (TPSA) is 55.3 Å². The summed E-state index contributed by atoms with van der Waals surface area (Å²) in [6.45, 7) is 8.45. The van der Waals surface area contributed by atoms with Gasteiger partial charge in [-0.3, -0.25) is 5.84 Å². The maximum absolute atomic E-state index is 6.15. The molecule has 0 aromatic rings. The Morgan fingerprint density at radius 3 is 2.67 bits per heavy atom. The van der Waals surface area contributed by atoms with Crippen LogP contribution in [0.3, 0.4) is 0 Å². The first-order chi connectivity index (χ1) is 5.49. The maximum atomic E-state index is 6.15. The van der Waals surface area contributed by atoms with Crippen LogP contribution in [0.5, 0.6) is 0 Å². The number of piperidine rings is 1. The Bertz CT molecular complexity index is 160. The molecule has 1 aliphatic rings. The van der Waals surface area contributed by atoms with Gasteiger partial charge in [0.2, 0.25) is 0 Å². The van der Waals surface area contributed by atoms with Crippen LogP contribution < -0.4 is 11.6 Å². The first-order valence-corrected chi connectivity index (χ1v) is 4.75. The lowest BCUT2D eigenvalue weighted by atomic mass is 9.72. The molecule has 0 bridgehead atoms. The minimum Gasteiger partial charge on any atom is -0.327 e. The molecule has 3 unspecified atom stereocenters. The minimum atomic E-state index is 0.201. The summed E-state index contributed by atoms with van der Waals surface area (Å²) >= 11 is 0. The molecule has 3 heteroatoms. The molecule has 0 saturated carbocycles. The van der Waals surface area contributed by atoms with Crippen molar-refractivity contribution in [1.82, 2.24) is 5.01 Å². The van der Waals surface area contributed by atoms with E-state index in [1.807, 2.05) is 5.01 Å². The van der Waals surface area contributed by atoms with Crippen LogP contribution in [-0.2, 0) is 0 Å². The van der Waals surface area contributed by atoms with Gasteiger partial charge in [0.15, 0.2) is 0 Å². The Kier molecular flexibility index (Phi) is 2.76. The van der Waals surface area contributed by atoms with Crippen molar-refractivity contribution in [1.29, 1.82) is 0 Å². The summed E-state index contributed by atoms with van der Waals surface area (Å²) in [5.41, 5.74) is 6.35. The maximum Gasteiger partial charge on any atom is 0.0197 e. The van der Waals surface area contributed by atoms with Crippen molar-refractivity contribution in [3.63, 3.8) is 0 Å². The van der Waals surface area contributed by atoms with Gasteiger partial charge < -0.3 is 5.73 Å². The summed E-state index contributed by atoms with van der Waals surface area (Å²) in [4.78, 5) is 0. The summed E-state index contributed by atoms with van der Waals surface area (Å²) in [7, 11) is 0. The molecule has 3 atom stereocenters. The van der Waals surface area contributed by atoms with Gasteiger partial charge in [-0.15, -0.1) is 0 Å². The molecule has 1 fully saturated rings. The third kappa shape index (κ3) is 1.63. The number of nitrogens with zero attached hydrogens (tertiary/aromatic N) is 1. The van der Waals surface area contributed by atoms with Gasteiger partial charge in [0.1, 0.15) is 0 Å². The zero-order valence-electron chi connectivity index (χ0n) is 8.38. The van der Waals surface area contributed by atoms with Crippen molar-refractivity contribution in [3.8, 4) is 0 Å². The van der Waals surface area contributed by atoms with Crippen molar-refractivity contribution < 1.29 is 0 Å². The van der Waals surface area contributed by atoms with Gasteiger partial charge in [0.05, 0.1) is 0 Å². The predicted molar refractivity (Wildman–Crippen MR) is 51.3 cm³/mol. The van der Waals surface area contributed by atoms with Crippen LogP contribution in [0.1, 0.15) is 27.2 Å². The Morgan fingerprint density at radius 2 is 2.17 bits per heavy atom. The lowest BCUT2D eigenvalue weighted by molar-refractivity contribution is 0.0402. The zero-order valence-corrected chi connectivity index (χ0v) is 8.38. The average Bonchev–Trinajstić information content (AvgIpc) is 2.00. The van der Waals surface area contributed by atoms with E-state index in [9.17, 15) is 0 Å². The van der Waals surface area contributed by atoms with Crippen molar-refractivity contribution >= 4 is 0 Å². The van der Waals surface area contributed by atoms with E-state index in [0.717, 1.165) is 19.5 Å². The molecule has 0 aromatic heterocycles.